The largest absolute Gasteiger partial charge is 0.378 e. The zero-order valence-electron chi connectivity index (χ0n) is 17.1. The molecule has 2 aromatic heterocycles. The van der Waals surface area contributed by atoms with E-state index in [2.05, 4.69) is 30.8 Å². The van der Waals surface area contributed by atoms with Crippen LogP contribution in [0, 0.1) is 11.6 Å². The minimum absolute atomic E-state index is 0.183. The molecule has 4 aromatic rings. The summed E-state index contributed by atoms with van der Waals surface area (Å²) in [5, 5.41) is 14.1. The Morgan fingerprint density at radius 1 is 1.03 bits per heavy atom. The lowest BCUT2D eigenvalue weighted by Crippen LogP contribution is -2.24. The van der Waals surface area contributed by atoms with Crippen molar-refractivity contribution in [3.05, 3.63) is 89.6 Å². The number of rotatable bonds is 7. The molecule has 0 aliphatic heterocycles. The number of nitrogens with one attached hydrogen (secondary N) is 2. The predicted octanol–water partition coefficient (Wildman–Crippen LogP) is 3.09. The summed E-state index contributed by atoms with van der Waals surface area (Å²) >= 11 is 0. The van der Waals surface area contributed by atoms with Gasteiger partial charge in [0.1, 0.15) is 23.7 Å². The van der Waals surface area contributed by atoms with E-state index in [-0.39, 0.29) is 12.1 Å². The van der Waals surface area contributed by atoms with Crippen LogP contribution >= 0.6 is 0 Å². The van der Waals surface area contributed by atoms with Gasteiger partial charge >= 0.3 is 0 Å². The Balaban J connectivity index is 1.40. The zero-order valence-corrected chi connectivity index (χ0v) is 17.1. The Bertz CT molecular complexity index is 1220. The van der Waals surface area contributed by atoms with Crippen LogP contribution in [0.5, 0.6) is 0 Å². The maximum absolute atomic E-state index is 13.8. The SMILES string of the molecule is Cn1c(CNc2cccc(C(=O)NCc3c(F)cccc3F)c2)nnc1-c1ccncn1. The fourth-order valence-corrected chi connectivity index (χ4v) is 3.08. The second-order valence-corrected chi connectivity index (χ2v) is 6.91. The van der Waals surface area contributed by atoms with Gasteiger partial charge in [0, 0.05) is 36.6 Å². The first-order chi connectivity index (χ1) is 15.5. The number of nitrogens with zero attached hydrogens (tertiary/aromatic N) is 5. The number of aromatic nitrogens is 5. The van der Waals surface area contributed by atoms with Crippen molar-refractivity contribution in [1.82, 2.24) is 30.0 Å². The molecule has 0 saturated heterocycles. The van der Waals surface area contributed by atoms with Crippen LogP contribution in [0.1, 0.15) is 21.7 Å². The van der Waals surface area contributed by atoms with Gasteiger partial charge in [-0.3, -0.25) is 4.79 Å². The summed E-state index contributed by atoms with van der Waals surface area (Å²) < 4.78 is 29.3. The number of hydrogen-bond donors (Lipinski definition) is 2. The molecule has 0 aliphatic carbocycles. The van der Waals surface area contributed by atoms with Gasteiger partial charge in [0.05, 0.1) is 6.54 Å². The zero-order chi connectivity index (χ0) is 22.5. The number of amides is 1. The van der Waals surface area contributed by atoms with Crippen LogP contribution < -0.4 is 10.6 Å². The van der Waals surface area contributed by atoms with Crippen LogP contribution in [0.15, 0.2) is 61.1 Å². The number of carbonyl (C=O) groups is 1. The van der Waals surface area contributed by atoms with Crippen molar-refractivity contribution in [1.29, 1.82) is 0 Å². The van der Waals surface area contributed by atoms with Crippen molar-refractivity contribution < 1.29 is 13.6 Å². The fourth-order valence-electron chi connectivity index (χ4n) is 3.08. The summed E-state index contributed by atoms with van der Waals surface area (Å²) in [6.45, 7) is 0.111. The maximum atomic E-state index is 13.8. The molecule has 162 valence electrons. The Kier molecular flexibility index (Phi) is 6.11. The molecule has 0 fully saturated rings. The van der Waals surface area contributed by atoms with Crippen LogP contribution in [0.3, 0.4) is 0 Å². The van der Waals surface area contributed by atoms with Crippen molar-refractivity contribution >= 4 is 11.6 Å². The van der Waals surface area contributed by atoms with E-state index in [0.29, 0.717) is 35.1 Å². The molecule has 2 N–H and O–H groups in total. The summed E-state index contributed by atoms with van der Waals surface area (Å²) in [6, 6.07) is 12.1. The highest BCUT2D eigenvalue weighted by atomic mass is 19.1. The number of hydrogen-bond acceptors (Lipinski definition) is 6. The van der Waals surface area contributed by atoms with Gasteiger partial charge in [-0.05, 0) is 36.4 Å². The highest BCUT2D eigenvalue weighted by molar-refractivity contribution is 5.95. The third-order valence-electron chi connectivity index (χ3n) is 4.84. The van der Waals surface area contributed by atoms with E-state index in [1.54, 1.807) is 36.5 Å². The van der Waals surface area contributed by atoms with E-state index in [9.17, 15) is 13.6 Å². The van der Waals surface area contributed by atoms with E-state index in [1.165, 1.54) is 12.4 Å². The molecule has 32 heavy (non-hydrogen) atoms. The fraction of sp³-hybridized carbons (Fsp3) is 0.136. The molecule has 0 aliphatic rings. The molecule has 8 nitrogen and oxygen atoms in total. The van der Waals surface area contributed by atoms with Crippen LogP contribution in [0.2, 0.25) is 0 Å². The Morgan fingerprint density at radius 2 is 1.81 bits per heavy atom. The first-order valence-electron chi connectivity index (χ1n) is 9.72. The Morgan fingerprint density at radius 3 is 2.56 bits per heavy atom. The van der Waals surface area contributed by atoms with E-state index in [1.807, 2.05) is 11.6 Å². The smallest absolute Gasteiger partial charge is 0.251 e. The molecule has 1 amide bonds. The molecule has 10 heteroatoms. The van der Waals surface area contributed by atoms with E-state index < -0.39 is 17.5 Å². The van der Waals surface area contributed by atoms with Gasteiger partial charge in [0.25, 0.3) is 5.91 Å². The minimum atomic E-state index is -0.703. The molecule has 0 bridgehead atoms. The lowest BCUT2D eigenvalue weighted by Gasteiger charge is -2.10. The average molecular weight is 435 g/mol. The second-order valence-electron chi connectivity index (χ2n) is 6.91. The highest BCUT2D eigenvalue weighted by Gasteiger charge is 2.13. The normalized spacial score (nSPS) is 10.7. The molecule has 0 unspecified atom stereocenters. The van der Waals surface area contributed by atoms with Gasteiger partial charge in [-0.15, -0.1) is 10.2 Å². The molecule has 4 rings (SSSR count). The summed E-state index contributed by atoms with van der Waals surface area (Å²) in [7, 11) is 1.83. The average Bonchev–Trinajstić information content (AvgIpc) is 3.18. The molecular formula is C22H19F2N7O. The molecule has 2 heterocycles. The van der Waals surface area contributed by atoms with Crippen molar-refractivity contribution in [2.75, 3.05) is 5.32 Å². The Hall–Kier alpha value is -4.21. The topological polar surface area (TPSA) is 97.6 Å². The number of halogens is 2. The van der Waals surface area contributed by atoms with Gasteiger partial charge < -0.3 is 15.2 Å². The van der Waals surface area contributed by atoms with E-state index in [4.69, 9.17) is 0 Å². The highest BCUT2D eigenvalue weighted by Crippen LogP contribution is 2.16. The minimum Gasteiger partial charge on any atom is -0.378 e. The van der Waals surface area contributed by atoms with Crippen LogP contribution in [0.25, 0.3) is 11.5 Å². The van der Waals surface area contributed by atoms with Crippen LogP contribution in [-0.2, 0) is 20.1 Å². The summed E-state index contributed by atoms with van der Waals surface area (Å²) in [5.74, 6) is -0.571. The molecular weight excluding hydrogens is 416 g/mol. The first kappa shape index (κ1) is 21.0. The number of carbonyl (C=O) groups excluding carboxylic acids is 1. The van der Waals surface area contributed by atoms with Crippen molar-refractivity contribution in [2.24, 2.45) is 7.05 Å². The van der Waals surface area contributed by atoms with E-state index in [0.717, 1.165) is 12.1 Å². The molecule has 0 spiro atoms. The molecule has 0 atom stereocenters. The molecule has 2 aromatic carbocycles. The molecule has 0 radical (unpaired) electrons. The number of benzene rings is 2. The van der Waals surface area contributed by atoms with E-state index >= 15 is 0 Å². The second kappa shape index (κ2) is 9.29. The van der Waals surface area contributed by atoms with Gasteiger partial charge in [0.2, 0.25) is 0 Å². The van der Waals surface area contributed by atoms with Crippen molar-refractivity contribution in [3.8, 4) is 11.5 Å². The monoisotopic (exact) mass is 435 g/mol. The van der Waals surface area contributed by atoms with Gasteiger partial charge in [0.15, 0.2) is 11.6 Å². The standard InChI is InChI=1S/C22H19F2N7O/c1-31-20(29-30-21(31)19-8-9-25-13-28-19)12-26-15-5-2-4-14(10-15)22(32)27-11-16-17(23)6-3-7-18(16)24/h2-10,13,26H,11-12H2,1H3,(H,27,32). The summed E-state index contributed by atoms with van der Waals surface area (Å²) in [5.41, 5.74) is 1.51. The third-order valence-corrected chi connectivity index (χ3v) is 4.84. The predicted molar refractivity (Wildman–Crippen MR) is 113 cm³/mol. The van der Waals surface area contributed by atoms with Gasteiger partial charge in [-0.1, -0.05) is 12.1 Å². The van der Waals surface area contributed by atoms with Crippen molar-refractivity contribution in [2.45, 2.75) is 13.1 Å². The quantitative estimate of drug-likeness (QED) is 0.463. The van der Waals surface area contributed by atoms with Gasteiger partial charge in [-0.2, -0.15) is 0 Å². The summed E-state index contributed by atoms with van der Waals surface area (Å²) in [4.78, 5) is 20.5. The summed E-state index contributed by atoms with van der Waals surface area (Å²) in [6.07, 6.45) is 3.07. The van der Waals surface area contributed by atoms with Gasteiger partial charge in [-0.25, -0.2) is 18.7 Å². The molecule has 0 saturated carbocycles. The Labute approximate surface area is 182 Å². The van der Waals surface area contributed by atoms with Crippen molar-refractivity contribution in [3.63, 3.8) is 0 Å². The lowest BCUT2D eigenvalue weighted by molar-refractivity contribution is 0.0950. The van der Waals surface area contributed by atoms with Crippen LogP contribution in [-0.4, -0.2) is 30.6 Å². The van der Waals surface area contributed by atoms with Crippen LogP contribution in [0.4, 0.5) is 14.5 Å². The number of anilines is 1. The maximum Gasteiger partial charge on any atom is 0.251 e. The first-order valence-corrected chi connectivity index (χ1v) is 9.72. The third kappa shape index (κ3) is 4.59. The lowest BCUT2D eigenvalue weighted by atomic mass is 10.1.